The molecule has 20 heavy (non-hydrogen) atoms. The van der Waals surface area contributed by atoms with Gasteiger partial charge < -0.3 is 15.2 Å². The predicted molar refractivity (Wildman–Crippen MR) is 83.1 cm³/mol. The summed E-state index contributed by atoms with van der Waals surface area (Å²) in [6.45, 7) is 3.07. The zero-order valence-electron chi connectivity index (χ0n) is 11.0. The maximum Gasteiger partial charge on any atom is 0.142 e. The van der Waals surface area contributed by atoms with Crippen LogP contribution in [-0.2, 0) is 6.54 Å². The van der Waals surface area contributed by atoms with Crippen LogP contribution < -0.4 is 10.1 Å². The van der Waals surface area contributed by atoms with Crippen molar-refractivity contribution in [2.75, 3.05) is 11.9 Å². The normalized spacial score (nSPS) is 10.3. The second-order valence-corrected chi connectivity index (χ2v) is 5.06. The van der Waals surface area contributed by atoms with Gasteiger partial charge in [-0.05, 0) is 42.8 Å². The summed E-state index contributed by atoms with van der Waals surface area (Å²) in [5.74, 6) is 0.829. The van der Waals surface area contributed by atoms with Gasteiger partial charge in [0.05, 0.1) is 17.3 Å². The number of benzene rings is 2. The van der Waals surface area contributed by atoms with E-state index < -0.39 is 0 Å². The lowest BCUT2D eigenvalue weighted by Gasteiger charge is -2.13. The minimum atomic E-state index is 0.0770. The highest BCUT2D eigenvalue weighted by Gasteiger charge is 2.05. The number of anilines is 1. The molecular weight excluding hydrogens is 297 g/mol. The van der Waals surface area contributed by atoms with E-state index in [0.717, 1.165) is 17.0 Å². The SMILES string of the molecule is CCOc1ccc(Cl)cc1NCc1ccc(O)c(Cl)c1. The molecule has 0 radical (unpaired) electrons. The summed E-state index contributed by atoms with van der Waals surface area (Å²) < 4.78 is 5.54. The maximum absolute atomic E-state index is 9.39. The molecule has 0 bridgehead atoms. The second kappa shape index (κ2) is 6.73. The third-order valence-corrected chi connectivity index (χ3v) is 3.27. The quantitative estimate of drug-likeness (QED) is 0.840. The lowest BCUT2D eigenvalue weighted by Crippen LogP contribution is -2.02. The second-order valence-electron chi connectivity index (χ2n) is 4.21. The number of ether oxygens (including phenoxy) is 1. The van der Waals surface area contributed by atoms with Gasteiger partial charge in [-0.1, -0.05) is 29.3 Å². The smallest absolute Gasteiger partial charge is 0.142 e. The van der Waals surface area contributed by atoms with Crippen LogP contribution in [0.5, 0.6) is 11.5 Å². The van der Waals surface area contributed by atoms with E-state index in [1.807, 2.05) is 19.1 Å². The summed E-state index contributed by atoms with van der Waals surface area (Å²) >= 11 is 11.9. The number of phenols is 1. The van der Waals surface area contributed by atoms with Gasteiger partial charge in [0.25, 0.3) is 0 Å². The Labute approximate surface area is 128 Å². The van der Waals surface area contributed by atoms with E-state index in [1.165, 1.54) is 0 Å². The molecule has 5 heteroatoms. The Morgan fingerprint density at radius 1 is 1.15 bits per heavy atom. The molecule has 3 nitrogen and oxygen atoms in total. The van der Waals surface area contributed by atoms with Crippen molar-refractivity contribution in [3.63, 3.8) is 0 Å². The summed E-state index contributed by atoms with van der Waals surface area (Å²) in [5.41, 5.74) is 1.78. The lowest BCUT2D eigenvalue weighted by molar-refractivity contribution is 0.341. The fourth-order valence-corrected chi connectivity index (χ4v) is 2.15. The maximum atomic E-state index is 9.39. The van der Waals surface area contributed by atoms with Crippen molar-refractivity contribution < 1.29 is 9.84 Å². The van der Waals surface area contributed by atoms with E-state index in [-0.39, 0.29) is 5.75 Å². The highest BCUT2D eigenvalue weighted by atomic mass is 35.5. The number of aromatic hydroxyl groups is 1. The van der Waals surface area contributed by atoms with Crippen LogP contribution in [0.3, 0.4) is 0 Å². The average molecular weight is 312 g/mol. The Morgan fingerprint density at radius 2 is 1.95 bits per heavy atom. The molecule has 0 fully saturated rings. The van der Waals surface area contributed by atoms with Crippen molar-refractivity contribution in [1.29, 1.82) is 0 Å². The summed E-state index contributed by atoms with van der Waals surface area (Å²) in [6.07, 6.45) is 0. The number of rotatable bonds is 5. The first kappa shape index (κ1) is 14.8. The molecule has 0 aliphatic carbocycles. The van der Waals surface area contributed by atoms with Gasteiger partial charge >= 0.3 is 0 Å². The van der Waals surface area contributed by atoms with Gasteiger partial charge in [-0.15, -0.1) is 0 Å². The van der Waals surface area contributed by atoms with Crippen LogP contribution in [0.4, 0.5) is 5.69 Å². The fraction of sp³-hybridized carbons (Fsp3) is 0.200. The number of phenolic OH excluding ortho intramolecular Hbond substituents is 1. The Balaban J connectivity index is 2.13. The number of nitrogens with one attached hydrogen (secondary N) is 1. The van der Waals surface area contributed by atoms with Gasteiger partial charge in [0, 0.05) is 11.6 Å². The highest BCUT2D eigenvalue weighted by Crippen LogP contribution is 2.29. The summed E-state index contributed by atoms with van der Waals surface area (Å²) in [4.78, 5) is 0. The fourth-order valence-electron chi connectivity index (χ4n) is 1.78. The van der Waals surface area contributed by atoms with Crippen LogP contribution in [0.2, 0.25) is 10.0 Å². The van der Waals surface area contributed by atoms with Crippen LogP contribution in [0.25, 0.3) is 0 Å². The van der Waals surface area contributed by atoms with Crippen molar-refractivity contribution in [3.05, 3.63) is 52.0 Å². The largest absolute Gasteiger partial charge is 0.506 e. The molecule has 106 valence electrons. The molecule has 0 saturated carbocycles. The summed E-state index contributed by atoms with van der Waals surface area (Å²) in [7, 11) is 0. The van der Waals surface area contributed by atoms with Crippen molar-refractivity contribution >= 4 is 28.9 Å². The van der Waals surface area contributed by atoms with E-state index in [9.17, 15) is 5.11 Å². The van der Waals surface area contributed by atoms with Crippen LogP contribution in [0, 0.1) is 0 Å². The van der Waals surface area contributed by atoms with Gasteiger partial charge in [0.15, 0.2) is 0 Å². The molecule has 2 N–H and O–H groups in total. The monoisotopic (exact) mass is 311 g/mol. The first-order chi connectivity index (χ1) is 9.60. The minimum absolute atomic E-state index is 0.0770. The standard InChI is InChI=1S/C15H15Cl2NO2/c1-2-20-15-6-4-11(16)8-13(15)18-9-10-3-5-14(19)12(17)7-10/h3-8,18-19H,2,9H2,1H3. The molecule has 0 aliphatic rings. The van der Waals surface area contributed by atoms with Gasteiger partial charge in [-0.2, -0.15) is 0 Å². The first-order valence-corrected chi connectivity index (χ1v) is 6.99. The molecule has 0 saturated heterocycles. The number of hydrogen-bond donors (Lipinski definition) is 2. The molecule has 2 aromatic carbocycles. The van der Waals surface area contributed by atoms with Gasteiger partial charge in [0.2, 0.25) is 0 Å². The van der Waals surface area contributed by atoms with Crippen LogP contribution in [0.15, 0.2) is 36.4 Å². The Kier molecular flexibility index (Phi) is 4.99. The highest BCUT2D eigenvalue weighted by molar-refractivity contribution is 6.32. The zero-order chi connectivity index (χ0) is 14.5. The van der Waals surface area contributed by atoms with Crippen molar-refractivity contribution in [2.45, 2.75) is 13.5 Å². The van der Waals surface area contributed by atoms with E-state index in [2.05, 4.69) is 5.32 Å². The minimum Gasteiger partial charge on any atom is -0.506 e. The van der Waals surface area contributed by atoms with Crippen molar-refractivity contribution in [1.82, 2.24) is 0 Å². The van der Waals surface area contributed by atoms with Crippen molar-refractivity contribution in [2.24, 2.45) is 0 Å². The first-order valence-electron chi connectivity index (χ1n) is 6.23. The molecule has 2 rings (SSSR count). The zero-order valence-corrected chi connectivity index (χ0v) is 12.5. The molecule has 2 aromatic rings. The molecule has 0 spiro atoms. The Morgan fingerprint density at radius 3 is 2.65 bits per heavy atom. The van der Waals surface area contributed by atoms with Crippen LogP contribution in [0.1, 0.15) is 12.5 Å². The van der Waals surface area contributed by atoms with Gasteiger partial charge in [0.1, 0.15) is 11.5 Å². The third-order valence-electron chi connectivity index (χ3n) is 2.74. The van der Waals surface area contributed by atoms with E-state index in [4.69, 9.17) is 27.9 Å². The van der Waals surface area contributed by atoms with Crippen LogP contribution >= 0.6 is 23.2 Å². The molecular formula is C15H15Cl2NO2. The van der Waals surface area contributed by atoms with Gasteiger partial charge in [-0.25, -0.2) is 0 Å². The molecule has 0 heterocycles. The molecule has 0 aromatic heterocycles. The topological polar surface area (TPSA) is 41.5 Å². The van der Waals surface area contributed by atoms with E-state index in [1.54, 1.807) is 24.3 Å². The average Bonchev–Trinajstić information content (AvgIpc) is 2.43. The number of hydrogen-bond acceptors (Lipinski definition) is 3. The van der Waals surface area contributed by atoms with Gasteiger partial charge in [-0.3, -0.25) is 0 Å². The Hall–Kier alpha value is -1.58. The Bertz CT molecular complexity index is 602. The van der Waals surface area contributed by atoms with E-state index >= 15 is 0 Å². The summed E-state index contributed by atoms with van der Waals surface area (Å²) in [5, 5.41) is 13.6. The lowest BCUT2D eigenvalue weighted by atomic mass is 10.2. The summed E-state index contributed by atoms with van der Waals surface area (Å²) in [6, 6.07) is 10.5. The molecule has 0 aliphatic heterocycles. The molecule has 0 unspecified atom stereocenters. The van der Waals surface area contributed by atoms with E-state index in [0.29, 0.717) is 23.2 Å². The molecule has 0 atom stereocenters. The third kappa shape index (κ3) is 3.71. The van der Waals surface area contributed by atoms with Crippen LogP contribution in [-0.4, -0.2) is 11.7 Å². The van der Waals surface area contributed by atoms with Crippen molar-refractivity contribution in [3.8, 4) is 11.5 Å². The number of halogens is 2. The molecule has 0 amide bonds. The predicted octanol–water partition coefficient (Wildman–Crippen LogP) is 4.71.